The van der Waals surface area contributed by atoms with Gasteiger partial charge in [-0.2, -0.15) is 0 Å². The zero-order valence-electron chi connectivity index (χ0n) is 11.3. The van der Waals surface area contributed by atoms with Crippen molar-refractivity contribution in [1.82, 2.24) is 0 Å². The molecule has 0 heterocycles. The van der Waals surface area contributed by atoms with Crippen molar-refractivity contribution in [3.8, 4) is 11.5 Å². The first-order valence-corrected chi connectivity index (χ1v) is 8.07. The Morgan fingerprint density at radius 1 is 1.10 bits per heavy atom. The molecule has 0 spiro atoms. The summed E-state index contributed by atoms with van der Waals surface area (Å²) in [4.78, 5) is -0.409. The van der Waals surface area contributed by atoms with Crippen LogP contribution in [0.15, 0.2) is 34.8 Å². The summed E-state index contributed by atoms with van der Waals surface area (Å²) in [6.45, 7) is 0. The van der Waals surface area contributed by atoms with Crippen molar-refractivity contribution in [2.24, 2.45) is 0 Å². The molecule has 0 amide bonds. The Labute approximate surface area is 144 Å². The van der Waals surface area contributed by atoms with E-state index in [1.807, 2.05) is 0 Å². The van der Waals surface area contributed by atoms with Gasteiger partial charge in [-0.3, -0.25) is 0 Å². The van der Waals surface area contributed by atoms with E-state index in [9.17, 15) is 4.39 Å². The highest BCUT2D eigenvalue weighted by Crippen LogP contribution is 2.43. The second kappa shape index (κ2) is 6.99. The average Bonchev–Trinajstić information content (AvgIpc) is 2.49. The Hall–Kier alpha value is -0.780. The Morgan fingerprint density at radius 2 is 1.76 bits per heavy atom. The highest BCUT2D eigenvalue weighted by atomic mass is 79.9. The predicted octanol–water partition coefficient (Wildman–Crippen LogP) is 5.74. The molecule has 0 aliphatic rings. The smallest absolute Gasteiger partial charge is 0.146 e. The van der Waals surface area contributed by atoms with Gasteiger partial charge in [0.05, 0.1) is 28.5 Å². The van der Waals surface area contributed by atoms with Crippen molar-refractivity contribution < 1.29 is 13.9 Å². The third-order valence-corrected chi connectivity index (χ3v) is 4.93. The van der Waals surface area contributed by atoms with Crippen LogP contribution < -0.4 is 9.47 Å². The molecule has 0 N–H and O–H groups in total. The van der Waals surface area contributed by atoms with Crippen molar-refractivity contribution in [3.63, 3.8) is 0 Å². The van der Waals surface area contributed by atoms with E-state index in [-0.39, 0.29) is 5.02 Å². The molecule has 2 aromatic rings. The van der Waals surface area contributed by atoms with Gasteiger partial charge in [-0.05, 0) is 34.1 Å². The molecule has 6 heteroatoms. The SMILES string of the molecule is COc1cc(C(Br)c2cccc(Cl)c2F)c(OC)cc1Br. The molecule has 0 radical (unpaired) electrons. The zero-order chi connectivity index (χ0) is 15.6. The second-order valence-electron chi connectivity index (χ2n) is 4.23. The van der Waals surface area contributed by atoms with E-state index in [0.717, 1.165) is 10.0 Å². The van der Waals surface area contributed by atoms with Gasteiger partial charge in [-0.1, -0.05) is 39.7 Å². The van der Waals surface area contributed by atoms with E-state index >= 15 is 0 Å². The molecule has 0 fully saturated rings. The highest BCUT2D eigenvalue weighted by molar-refractivity contribution is 9.10. The topological polar surface area (TPSA) is 18.5 Å². The van der Waals surface area contributed by atoms with Gasteiger partial charge in [0.15, 0.2) is 0 Å². The minimum Gasteiger partial charge on any atom is -0.496 e. The number of alkyl halides is 1. The molecule has 0 aromatic heterocycles. The first kappa shape index (κ1) is 16.6. The van der Waals surface area contributed by atoms with Crippen molar-refractivity contribution in [2.75, 3.05) is 14.2 Å². The molecule has 0 bridgehead atoms. The molecular weight excluding hydrogens is 426 g/mol. The van der Waals surface area contributed by atoms with E-state index < -0.39 is 10.6 Å². The fourth-order valence-electron chi connectivity index (χ4n) is 1.97. The lowest BCUT2D eigenvalue weighted by atomic mass is 10.0. The number of benzene rings is 2. The van der Waals surface area contributed by atoms with Crippen molar-refractivity contribution >= 4 is 43.5 Å². The number of methoxy groups -OCH3 is 2. The minimum atomic E-state index is -0.454. The number of rotatable bonds is 4. The van der Waals surface area contributed by atoms with Gasteiger partial charge in [-0.15, -0.1) is 0 Å². The predicted molar refractivity (Wildman–Crippen MR) is 89.4 cm³/mol. The van der Waals surface area contributed by atoms with E-state index in [2.05, 4.69) is 31.9 Å². The maximum atomic E-state index is 14.2. The molecule has 21 heavy (non-hydrogen) atoms. The molecule has 2 nitrogen and oxygen atoms in total. The number of hydrogen-bond acceptors (Lipinski definition) is 2. The van der Waals surface area contributed by atoms with E-state index in [1.165, 1.54) is 6.07 Å². The van der Waals surface area contributed by atoms with E-state index in [1.54, 1.807) is 38.5 Å². The monoisotopic (exact) mass is 436 g/mol. The highest BCUT2D eigenvalue weighted by Gasteiger charge is 2.22. The number of halogens is 4. The van der Waals surface area contributed by atoms with Crippen molar-refractivity contribution in [2.45, 2.75) is 4.83 Å². The molecule has 0 saturated carbocycles. The fourth-order valence-corrected chi connectivity index (χ4v) is 3.34. The van der Waals surface area contributed by atoms with Crippen molar-refractivity contribution in [3.05, 3.63) is 56.8 Å². The Kier molecular flexibility index (Phi) is 5.52. The maximum absolute atomic E-state index is 14.2. The summed E-state index contributed by atoms with van der Waals surface area (Å²) in [6.07, 6.45) is 0. The van der Waals surface area contributed by atoms with Crippen LogP contribution in [0.25, 0.3) is 0 Å². The van der Waals surface area contributed by atoms with Gasteiger partial charge in [0, 0.05) is 11.1 Å². The van der Waals surface area contributed by atoms with Crippen LogP contribution in [0, 0.1) is 5.82 Å². The summed E-state index contributed by atoms with van der Waals surface area (Å²) in [5.41, 5.74) is 1.18. The summed E-state index contributed by atoms with van der Waals surface area (Å²) in [5, 5.41) is 0.0833. The first-order valence-electron chi connectivity index (χ1n) is 5.99. The minimum absolute atomic E-state index is 0.0833. The summed E-state index contributed by atoms with van der Waals surface area (Å²) >= 11 is 12.8. The molecule has 0 aliphatic carbocycles. The van der Waals surface area contributed by atoms with E-state index in [0.29, 0.717) is 17.1 Å². The summed E-state index contributed by atoms with van der Waals surface area (Å²) in [7, 11) is 3.13. The molecule has 1 unspecified atom stereocenters. The molecule has 112 valence electrons. The number of ether oxygens (including phenoxy) is 2. The third-order valence-electron chi connectivity index (χ3n) is 3.03. The molecule has 2 rings (SSSR count). The van der Waals surface area contributed by atoms with Gasteiger partial charge in [0.2, 0.25) is 0 Å². The Morgan fingerprint density at radius 3 is 2.38 bits per heavy atom. The van der Waals surface area contributed by atoms with Crippen LogP contribution in [0.3, 0.4) is 0 Å². The standard InChI is InChI=1S/C15H12Br2ClFO2/c1-20-12-7-10(16)13(21-2)6-9(12)14(17)8-4-3-5-11(18)15(8)19/h3-7,14H,1-2H3. The van der Waals surface area contributed by atoms with Crippen LogP contribution in [0.5, 0.6) is 11.5 Å². The fraction of sp³-hybridized carbons (Fsp3) is 0.200. The van der Waals surface area contributed by atoms with Gasteiger partial charge in [-0.25, -0.2) is 4.39 Å². The molecule has 0 aliphatic heterocycles. The first-order chi connectivity index (χ1) is 9.99. The largest absolute Gasteiger partial charge is 0.496 e. The maximum Gasteiger partial charge on any atom is 0.146 e. The Balaban J connectivity index is 2.56. The molecular formula is C15H12Br2ClFO2. The zero-order valence-corrected chi connectivity index (χ0v) is 15.2. The van der Waals surface area contributed by atoms with Gasteiger partial charge in [0.25, 0.3) is 0 Å². The lowest BCUT2D eigenvalue weighted by molar-refractivity contribution is 0.397. The van der Waals surface area contributed by atoms with Crippen LogP contribution in [0.2, 0.25) is 5.02 Å². The van der Waals surface area contributed by atoms with Gasteiger partial charge >= 0.3 is 0 Å². The Bertz CT molecular complexity index is 664. The summed E-state index contributed by atoms with van der Waals surface area (Å²) < 4.78 is 25.6. The lowest BCUT2D eigenvalue weighted by Gasteiger charge is -2.17. The molecule has 0 saturated heterocycles. The van der Waals surface area contributed by atoms with Gasteiger partial charge in [0.1, 0.15) is 17.3 Å². The van der Waals surface area contributed by atoms with Crippen LogP contribution in [0.1, 0.15) is 16.0 Å². The normalized spacial score (nSPS) is 12.1. The van der Waals surface area contributed by atoms with Crippen LogP contribution in [-0.2, 0) is 0 Å². The lowest BCUT2D eigenvalue weighted by Crippen LogP contribution is -2.01. The van der Waals surface area contributed by atoms with Crippen LogP contribution in [0.4, 0.5) is 4.39 Å². The summed E-state index contributed by atoms with van der Waals surface area (Å²) in [5.74, 6) is 0.798. The van der Waals surface area contributed by atoms with E-state index in [4.69, 9.17) is 21.1 Å². The van der Waals surface area contributed by atoms with Gasteiger partial charge < -0.3 is 9.47 Å². The quantitative estimate of drug-likeness (QED) is 0.567. The summed E-state index contributed by atoms with van der Waals surface area (Å²) in [6, 6.07) is 8.47. The molecule has 1 atom stereocenters. The third kappa shape index (κ3) is 3.35. The van der Waals surface area contributed by atoms with Crippen molar-refractivity contribution in [1.29, 1.82) is 0 Å². The average molecular weight is 439 g/mol. The molecule has 2 aromatic carbocycles. The second-order valence-corrected chi connectivity index (χ2v) is 6.41. The number of hydrogen-bond donors (Lipinski definition) is 0. The van der Waals surface area contributed by atoms with Crippen LogP contribution >= 0.6 is 43.5 Å². The van der Waals surface area contributed by atoms with Crippen LogP contribution in [-0.4, -0.2) is 14.2 Å².